The van der Waals surface area contributed by atoms with Gasteiger partial charge in [-0.05, 0) is 49.1 Å². The van der Waals surface area contributed by atoms with Crippen LogP contribution in [-0.4, -0.2) is 86.2 Å². The maximum absolute atomic E-state index is 13.6. The van der Waals surface area contributed by atoms with Crippen LogP contribution in [0.1, 0.15) is 35.2 Å². The lowest BCUT2D eigenvalue weighted by molar-refractivity contribution is -0.220. The lowest BCUT2D eigenvalue weighted by Crippen LogP contribution is -2.49. The highest BCUT2D eigenvalue weighted by Crippen LogP contribution is 2.38. The molecule has 0 aromatic heterocycles. The number of nitrogens with zero attached hydrogens (tertiary/aromatic N) is 2. The number of carbonyl (C=O) groups is 2. The SMILES string of the molecule is COc1ccc(COCC(OC(=O)N2CCC3(CC2)CC(N(C)C(=O)c2ccccc2)CO3)C(F)(F)F)cc1. The maximum atomic E-state index is 13.6. The van der Waals surface area contributed by atoms with Gasteiger partial charge in [0, 0.05) is 25.7 Å². The monoisotopic (exact) mass is 550 g/mol. The zero-order valence-corrected chi connectivity index (χ0v) is 22.0. The number of methoxy groups -OCH3 is 1. The lowest BCUT2D eigenvalue weighted by Gasteiger charge is -2.38. The van der Waals surface area contributed by atoms with E-state index in [4.69, 9.17) is 18.9 Å². The van der Waals surface area contributed by atoms with E-state index >= 15 is 0 Å². The number of carbonyl (C=O) groups excluding carboxylic acids is 2. The molecule has 8 nitrogen and oxygen atoms in total. The van der Waals surface area contributed by atoms with Gasteiger partial charge in [-0.3, -0.25) is 4.79 Å². The van der Waals surface area contributed by atoms with Crippen LogP contribution in [-0.2, 0) is 20.8 Å². The highest BCUT2D eigenvalue weighted by atomic mass is 19.4. The van der Waals surface area contributed by atoms with Crippen LogP contribution < -0.4 is 4.74 Å². The predicted octanol–water partition coefficient (Wildman–Crippen LogP) is 4.68. The number of ether oxygens (including phenoxy) is 4. The molecule has 2 atom stereocenters. The van der Waals surface area contributed by atoms with E-state index in [9.17, 15) is 22.8 Å². The van der Waals surface area contributed by atoms with Gasteiger partial charge in [-0.2, -0.15) is 13.2 Å². The minimum absolute atomic E-state index is 0.0694. The van der Waals surface area contributed by atoms with Crippen LogP contribution in [0, 0.1) is 0 Å². The van der Waals surface area contributed by atoms with Crippen molar-refractivity contribution in [2.24, 2.45) is 0 Å². The smallest absolute Gasteiger partial charge is 0.427 e. The Morgan fingerprint density at radius 3 is 2.38 bits per heavy atom. The number of halogens is 3. The number of likely N-dealkylation sites (tertiary alicyclic amines) is 1. The van der Waals surface area contributed by atoms with Gasteiger partial charge >= 0.3 is 12.3 Å². The molecule has 2 aliphatic heterocycles. The van der Waals surface area contributed by atoms with E-state index in [1.54, 1.807) is 60.5 Å². The summed E-state index contributed by atoms with van der Waals surface area (Å²) in [5.74, 6) is 0.519. The lowest BCUT2D eigenvalue weighted by atomic mass is 9.87. The topological polar surface area (TPSA) is 77.5 Å². The first-order valence-electron chi connectivity index (χ1n) is 12.8. The second kappa shape index (κ2) is 12.3. The molecule has 4 rings (SSSR count). The fourth-order valence-electron chi connectivity index (χ4n) is 4.86. The molecule has 212 valence electrons. The molecule has 0 bridgehead atoms. The van der Waals surface area contributed by atoms with Crippen LogP contribution in [0.25, 0.3) is 0 Å². The van der Waals surface area contributed by atoms with Crippen molar-refractivity contribution in [3.8, 4) is 5.75 Å². The number of hydrogen-bond acceptors (Lipinski definition) is 6. The van der Waals surface area contributed by atoms with E-state index in [0.29, 0.717) is 42.7 Å². The Balaban J connectivity index is 1.26. The van der Waals surface area contributed by atoms with Crippen molar-refractivity contribution in [3.05, 3.63) is 65.7 Å². The van der Waals surface area contributed by atoms with Gasteiger partial charge in [-0.1, -0.05) is 30.3 Å². The third-order valence-corrected chi connectivity index (χ3v) is 7.32. The standard InChI is InChI=1S/C28H33F3N2O6/c1-32(25(34)21-6-4-3-5-7-21)22-16-27(38-18-22)12-14-33(15-13-27)26(35)39-24(28(29,30)31)19-37-17-20-8-10-23(36-2)11-9-20/h3-11,22,24H,12-19H2,1-2H3. The molecule has 0 N–H and O–H groups in total. The fourth-order valence-corrected chi connectivity index (χ4v) is 4.86. The Kier molecular flexibility index (Phi) is 9.01. The zero-order valence-electron chi connectivity index (χ0n) is 22.0. The quantitative estimate of drug-likeness (QED) is 0.475. The van der Waals surface area contributed by atoms with Crippen LogP contribution >= 0.6 is 0 Å². The van der Waals surface area contributed by atoms with Gasteiger partial charge in [0.15, 0.2) is 0 Å². The highest BCUT2D eigenvalue weighted by Gasteiger charge is 2.47. The first-order valence-corrected chi connectivity index (χ1v) is 12.8. The van der Waals surface area contributed by atoms with Crippen LogP contribution in [0.3, 0.4) is 0 Å². The van der Waals surface area contributed by atoms with E-state index in [1.165, 1.54) is 12.0 Å². The summed E-state index contributed by atoms with van der Waals surface area (Å²) in [7, 11) is 3.25. The average Bonchev–Trinajstić information content (AvgIpc) is 3.35. The molecule has 2 saturated heterocycles. The first-order chi connectivity index (χ1) is 18.6. The summed E-state index contributed by atoms with van der Waals surface area (Å²) in [5, 5.41) is 0. The normalized spacial score (nSPS) is 19.5. The van der Waals surface area contributed by atoms with E-state index in [-0.39, 0.29) is 31.6 Å². The number of alkyl halides is 3. The second-order valence-electron chi connectivity index (χ2n) is 9.90. The third-order valence-electron chi connectivity index (χ3n) is 7.32. The molecule has 2 unspecified atom stereocenters. The molecule has 0 radical (unpaired) electrons. The molecule has 11 heteroatoms. The second-order valence-corrected chi connectivity index (χ2v) is 9.90. The minimum Gasteiger partial charge on any atom is -0.497 e. The van der Waals surface area contributed by atoms with Crippen molar-refractivity contribution in [2.75, 3.05) is 40.5 Å². The molecule has 1 spiro atoms. The number of hydrogen-bond donors (Lipinski definition) is 0. The van der Waals surface area contributed by atoms with Gasteiger partial charge in [-0.15, -0.1) is 0 Å². The van der Waals surface area contributed by atoms with Crippen molar-refractivity contribution < 1.29 is 41.7 Å². The molecule has 2 heterocycles. The molecule has 0 saturated carbocycles. The number of amides is 2. The highest BCUT2D eigenvalue weighted by molar-refractivity contribution is 5.94. The summed E-state index contributed by atoms with van der Waals surface area (Å²) >= 11 is 0. The van der Waals surface area contributed by atoms with Crippen LogP contribution in [0.15, 0.2) is 54.6 Å². The molecular formula is C28H33F3N2O6. The fraction of sp³-hybridized carbons (Fsp3) is 0.500. The Morgan fingerprint density at radius 2 is 1.77 bits per heavy atom. The first kappa shape index (κ1) is 28.7. The Bertz CT molecular complexity index is 1100. The Morgan fingerprint density at radius 1 is 1.10 bits per heavy atom. The van der Waals surface area contributed by atoms with Crippen LogP contribution in [0.4, 0.5) is 18.0 Å². The molecule has 2 amide bonds. The van der Waals surface area contributed by atoms with Gasteiger partial charge in [0.1, 0.15) is 5.75 Å². The summed E-state index contributed by atoms with van der Waals surface area (Å²) in [6, 6.07) is 15.6. The summed E-state index contributed by atoms with van der Waals surface area (Å²) < 4.78 is 61.9. The molecule has 39 heavy (non-hydrogen) atoms. The van der Waals surface area contributed by atoms with Gasteiger partial charge in [0.05, 0.1) is 38.6 Å². The Labute approximate surface area is 225 Å². The van der Waals surface area contributed by atoms with Crippen molar-refractivity contribution in [3.63, 3.8) is 0 Å². The summed E-state index contributed by atoms with van der Waals surface area (Å²) in [6.45, 7) is -0.134. The number of benzene rings is 2. The molecule has 2 aromatic rings. The van der Waals surface area contributed by atoms with E-state index in [2.05, 4.69) is 0 Å². The summed E-state index contributed by atoms with van der Waals surface area (Å²) in [6.07, 6.45) is -6.72. The summed E-state index contributed by atoms with van der Waals surface area (Å²) in [4.78, 5) is 28.4. The van der Waals surface area contributed by atoms with Crippen molar-refractivity contribution in [1.82, 2.24) is 9.80 Å². The number of likely N-dealkylation sites (N-methyl/N-ethyl adjacent to an activating group) is 1. The molecule has 2 aliphatic rings. The van der Waals surface area contributed by atoms with Crippen molar-refractivity contribution >= 4 is 12.0 Å². The largest absolute Gasteiger partial charge is 0.497 e. The third kappa shape index (κ3) is 7.21. The maximum Gasteiger partial charge on any atom is 0.427 e. The van der Waals surface area contributed by atoms with Gasteiger partial charge in [-0.25, -0.2) is 4.79 Å². The zero-order chi connectivity index (χ0) is 28.0. The number of rotatable bonds is 8. The average molecular weight is 551 g/mol. The predicted molar refractivity (Wildman–Crippen MR) is 135 cm³/mol. The molecule has 2 aromatic carbocycles. The molecule has 2 fully saturated rings. The van der Waals surface area contributed by atoms with Crippen LogP contribution in [0.5, 0.6) is 5.75 Å². The summed E-state index contributed by atoms with van der Waals surface area (Å²) in [5.41, 5.74) is 0.721. The van der Waals surface area contributed by atoms with Crippen molar-refractivity contribution in [1.29, 1.82) is 0 Å². The number of piperidine rings is 1. The van der Waals surface area contributed by atoms with Crippen LogP contribution in [0.2, 0.25) is 0 Å². The van der Waals surface area contributed by atoms with Gasteiger partial charge < -0.3 is 28.7 Å². The minimum atomic E-state index is -4.77. The van der Waals surface area contributed by atoms with E-state index in [0.717, 1.165) is 0 Å². The Hall–Kier alpha value is -3.31. The van der Waals surface area contributed by atoms with Gasteiger partial charge in [0.2, 0.25) is 6.10 Å². The van der Waals surface area contributed by atoms with Crippen molar-refractivity contribution in [2.45, 2.75) is 49.8 Å². The van der Waals surface area contributed by atoms with Gasteiger partial charge in [0.25, 0.3) is 5.91 Å². The van der Waals surface area contributed by atoms with E-state index in [1.807, 2.05) is 6.07 Å². The molecule has 0 aliphatic carbocycles. The molecular weight excluding hydrogens is 517 g/mol. The van der Waals surface area contributed by atoms with E-state index < -0.39 is 30.6 Å².